The van der Waals surface area contributed by atoms with E-state index in [4.69, 9.17) is 10.2 Å². The quantitative estimate of drug-likeness (QED) is 0.943. The number of piperidine rings is 1. The maximum Gasteiger partial charge on any atom is 0.228 e. The summed E-state index contributed by atoms with van der Waals surface area (Å²) >= 11 is 1.60. The van der Waals surface area contributed by atoms with Gasteiger partial charge in [-0.15, -0.1) is 0 Å². The van der Waals surface area contributed by atoms with Crippen molar-refractivity contribution in [2.24, 2.45) is 5.73 Å². The Bertz CT molecular complexity index is 621. The number of hydrogen-bond donors (Lipinski definition) is 1. The summed E-state index contributed by atoms with van der Waals surface area (Å²) in [6, 6.07) is 2.06. The molecule has 0 bridgehead atoms. The Hall–Kier alpha value is -1.66. The Balaban J connectivity index is 1.71. The first-order chi connectivity index (χ1) is 10.1. The van der Waals surface area contributed by atoms with Crippen LogP contribution in [0.4, 0.5) is 0 Å². The van der Waals surface area contributed by atoms with Crippen molar-refractivity contribution in [1.29, 1.82) is 0 Å². The molecule has 6 heteroatoms. The van der Waals surface area contributed by atoms with Crippen LogP contribution in [0.5, 0.6) is 0 Å². The van der Waals surface area contributed by atoms with Gasteiger partial charge in [0.05, 0.1) is 12.1 Å². The Morgan fingerprint density at radius 2 is 2.48 bits per heavy atom. The molecule has 0 aromatic carbocycles. The smallest absolute Gasteiger partial charge is 0.228 e. The van der Waals surface area contributed by atoms with Gasteiger partial charge in [0.15, 0.2) is 0 Å². The van der Waals surface area contributed by atoms with E-state index in [2.05, 4.69) is 4.98 Å². The molecule has 1 aliphatic heterocycles. The van der Waals surface area contributed by atoms with Crippen molar-refractivity contribution in [3.63, 3.8) is 0 Å². The zero-order valence-corrected chi connectivity index (χ0v) is 12.9. The number of amides is 1. The minimum atomic E-state index is 0.0819. The molecule has 1 unspecified atom stereocenters. The predicted octanol–water partition coefficient (Wildman–Crippen LogP) is 2.20. The van der Waals surface area contributed by atoms with Gasteiger partial charge < -0.3 is 15.1 Å². The topological polar surface area (TPSA) is 72.4 Å². The van der Waals surface area contributed by atoms with Crippen molar-refractivity contribution in [3.8, 4) is 11.5 Å². The number of aryl methyl sites for hydroxylation is 1. The Labute approximate surface area is 127 Å². The summed E-state index contributed by atoms with van der Waals surface area (Å²) < 4.78 is 5.67. The van der Waals surface area contributed by atoms with E-state index in [0.29, 0.717) is 18.2 Å². The average molecular weight is 305 g/mol. The molecule has 1 fully saturated rings. The van der Waals surface area contributed by atoms with E-state index in [1.165, 1.54) is 0 Å². The molecule has 3 heterocycles. The Morgan fingerprint density at radius 1 is 1.62 bits per heavy atom. The highest BCUT2D eigenvalue weighted by atomic mass is 32.1. The second kappa shape index (κ2) is 5.99. The van der Waals surface area contributed by atoms with Crippen molar-refractivity contribution in [3.05, 3.63) is 28.3 Å². The first-order valence-electron chi connectivity index (χ1n) is 7.15. The first-order valence-corrected chi connectivity index (χ1v) is 8.10. The lowest BCUT2D eigenvalue weighted by Gasteiger charge is -2.30. The number of aromatic nitrogens is 1. The molecule has 21 heavy (non-hydrogen) atoms. The summed E-state index contributed by atoms with van der Waals surface area (Å²) in [5, 5.41) is 3.97. The highest BCUT2D eigenvalue weighted by Crippen LogP contribution is 2.24. The van der Waals surface area contributed by atoms with Gasteiger partial charge in [-0.2, -0.15) is 11.3 Å². The van der Waals surface area contributed by atoms with Crippen LogP contribution >= 0.6 is 11.3 Å². The predicted molar refractivity (Wildman–Crippen MR) is 82.0 cm³/mol. The third-order valence-electron chi connectivity index (χ3n) is 3.79. The second-order valence-corrected chi connectivity index (χ2v) is 6.23. The fraction of sp³-hybridized carbons (Fsp3) is 0.467. The van der Waals surface area contributed by atoms with Crippen molar-refractivity contribution in [2.45, 2.75) is 32.2 Å². The lowest BCUT2D eigenvalue weighted by molar-refractivity contribution is -0.131. The molecule has 0 radical (unpaired) electrons. The van der Waals surface area contributed by atoms with Gasteiger partial charge in [0.2, 0.25) is 11.8 Å². The lowest BCUT2D eigenvalue weighted by atomic mass is 10.1. The van der Waals surface area contributed by atoms with Crippen LogP contribution in [0.25, 0.3) is 11.5 Å². The Morgan fingerprint density at radius 3 is 3.19 bits per heavy atom. The van der Waals surface area contributed by atoms with Crippen LogP contribution in [0.1, 0.15) is 24.3 Å². The molecule has 1 aliphatic rings. The van der Waals surface area contributed by atoms with Gasteiger partial charge in [0.25, 0.3) is 0 Å². The molecule has 2 aromatic rings. The van der Waals surface area contributed by atoms with E-state index in [9.17, 15) is 4.79 Å². The van der Waals surface area contributed by atoms with Gasteiger partial charge in [-0.3, -0.25) is 4.79 Å². The molecule has 1 atom stereocenters. The van der Waals surface area contributed by atoms with Gasteiger partial charge >= 0.3 is 0 Å². The zero-order chi connectivity index (χ0) is 14.8. The number of nitrogens with two attached hydrogens (primary N) is 1. The van der Waals surface area contributed by atoms with Crippen molar-refractivity contribution in [1.82, 2.24) is 9.88 Å². The summed E-state index contributed by atoms with van der Waals surface area (Å²) in [6.07, 6.45) is 2.26. The van der Waals surface area contributed by atoms with E-state index in [1.807, 2.05) is 28.7 Å². The van der Waals surface area contributed by atoms with Crippen LogP contribution in [-0.2, 0) is 11.2 Å². The fourth-order valence-corrected chi connectivity index (χ4v) is 3.22. The van der Waals surface area contributed by atoms with E-state index in [1.54, 1.807) is 11.3 Å². The SMILES string of the molecule is Cc1oc(-c2ccsc2)nc1CC(=O)N1CCCC(N)C1. The highest BCUT2D eigenvalue weighted by Gasteiger charge is 2.23. The molecule has 0 spiro atoms. The molecule has 2 aromatic heterocycles. The number of rotatable bonds is 3. The summed E-state index contributed by atoms with van der Waals surface area (Å²) in [4.78, 5) is 18.7. The van der Waals surface area contributed by atoms with Crippen LogP contribution in [0.2, 0.25) is 0 Å². The van der Waals surface area contributed by atoms with Gasteiger partial charge in [-0.25, -0.2) is 4.98 Å². The molecule has 5 nitrogen and oxygen atoms in total. The molecule has 2 N–H and O–H groups in total. The third kappa shape index (κ3) is 3.16. The molecular formula is C15H19N3O2S. The van der Waals surface area contributed by atoms with E-state index < -0.39 is 0 Å². The fourth-order valence-electron chi connectivity index (χ4n) is 2.59. The van der Waals surface area contributed by atoms with Crippen LogP contribution < -0.4 is 5.73 Å². The molecule has 0 aliphatic carbocycles. The number of thiophene rings is 1. The van der Waals surface area contributed by atoms with Gasteiger partial charge in [0.1, 0.15) is 5.76 Å². The largest absolute Gasteiger partial charge is 0.441 e. The number of likely N-dealkylation sites (tertiary alicyclic amines) is 1. The Kier molecular flexibility index (Phi) is 4.07. The van der Waals surface area contributed by atoms with Gasteiger partial charge in [-0.05, 0) is 31.2 Å². The first kappa shape index (κ1) is 14.3. The summed E-state index contributed by atoms with van der Waals surface area (Å²) in [6.45, 7) is 3.29. The van der Waals surface area contributed by atoms with E-state index >= 15 is 0 Å². The molecule has 112 valence electrons. The highest BCUT2D eigenvalue weighted by molar-refractivity contribution is 7.08. The molecular weight excluding hydrogens is 286 g/mol. The van der Waals surface area contributed by atoms with Gasteiger partial charge in [0, 0.05) is 30.1 Å². The minimum Gasteiger partial charge on any atom is -0.441 e. The molecule has 0 saturated carbocycles. The molecule has 1 amide bonds. The second-order valence-electron chi connectivity index (χ2n) is 5.45. The molecule has 3 rings (SSSR count). The average Bonchev–Trinajstić information content (AvgIpc) is 3.09. The summed E-state index contributed by atoms with van der Waals surface area (Å²) in [7, 11) is 0. The molecule has 1 saturated heterocycles. The van der Waals surface area contributed by atoms with Crippen LogP contribution in [0.15, 0.2) is 21.2 Å². The maximum absolute atomic E-state index is 12.4. The number of carbonyl (C=O) groups excluding carboxylic acids is 1. The monoisotopic (exact) mass is 305 g/mol. The third-order valence-corrected chi connectivity index (χ3v) is 4.47. The summed E-state index contributed by atoms with van der Waals surface area (Å²) in [5.41, 5.74) is 7.61. The van der Waals surface area contributed by atoms with Crippen molar-refractivity contribution < 1.29 is 9.21 Å². The normalized spacial score (nSPS) is 19.0. The van der Waals surface area contributed by atoms with Crippen LogP contribution in [0.3, 0.4) is 0 Å². The standard InChI is InChI=1S/C15H19N3O2S/c1-10-13(17-15(20-10)11-4-6-21-9-11)7-14(19)18-5-2-3-12(16)8-18/h4,6,9,12H,2-3,5,7-8,16H2,1H3. The van der Waals surface area contributed by atoms with E-state index in [0.717, 1.165) is 30.6 Å². The number of carbonyl (C=O) groups is 1. The maximum atomic E-state index is 12.4. The minimum absolute atomic E-state index is 0.0819. The van der Waals surface area contributed by atoms with Gasteiger partial charge in [-0.1, -0.05) is 0 Å². The lowest BCUT2D eigenvalue weighted by Crippen LogP contribution is -2.46. The van der Waals surface area contributed by atoms with Crippen molar-refractivity contribution in [2.75, 3.05) is 13.1 Å². The van der Waals surface area contributed by atoms with Crippen LogP contribution in [-0.4, -0.2) is 34.9 Å². The summed E-state index contributed by atoms with van der Waals surface area (Å²) in [5.74, 6) is 1.39. The van der Waals surface area contributed by atoms with E-state index in [-0.39, 0.29) is 18.4 Å². The number of nitrogens with zero attached hydrogens (tertiary/aromatic N) is 2. The number of oxazole rings is 1. The van der Waals surface area contributed by atoms with Crippen molar-refractivity contribution >= 4 is 17.2 Å². The zero-order valence-electron chi connectivity index (χ0n) is 12.0. The number of hydrogen-bond acceptors (Lipinski definition) is 5. The van der Waals surface area contributed by atoms with Crippen LogP contribution in [0, 0.1) is 6.92 Å².